The Bertz CT molecular complexity index is 1150. The molecule has 2 saturated heterocycles. The molecule has 2 aromatic rings. The van der Waals surface area contributed by atoms with E-state index in [-0.39, 0.29) is 11.3 Å². The zero-order valence-electron chi connectivity index (χ0n) is 23.2. The Morgan fingerprint density at radius 3 is 2.45 bits per heavy atom. The highest BCUT2D eigenvalue weighted by Gasteiger charge is 2.38. The number of aliphatic hydroxyl groups excluding tert-OH is 1. The number of fused-ring (bicyclic) bond motifs is 2. The second-order valence-electron chi connectivity index (χ2n) is 12.7. The van der Waals surface area contributed by atoms with Crippen LogP contribution in [0.15, 0.2) is 42.5 Å². The van der Waals surface area contributed by atoms with E-state index in [4.69, 9.17) is 0 Å². The van der Waals surface area contributed by atoms with Crippen LogP contribution in [0, 0.1) is 0 Å². The van der Waals surface area contributed by atoms with E-state index in [2.05, 4.69) is 64.9 Å². The van der Waals surface area contributed by atoms with Gasteiger partial charge in [-0.1, -0.05) is 38.1 Å². The zero-order chi connectivity index (χ0) is 26.3. The Hall–Kier alpha value is -2.41. The van der Waals surface area contributed by atoms with Gasteiger partial charge < -0.3 is 19.8 Å². The molecule has 0 spiro atoms. The number of nitrogens with zero attached hydrogens (tertiary/aromatic N) is 4. The van der Waals surface area contributed by atoms with Crippen molar-refractivity contribution in [1.29, 1.82) is 0 Å². The second-order valence-corrected chi connectivity index (χ2v) is 12.7. The third-order valence-electron chi connectivity index (χ3n) is 9.43. The number of carbonyl (C=O) groups excluding carboxylic acids is 1. The molecule has 0 saturated carbocycles. The maximum atomic E-state index is 13.6. The Kier molecular flexibility index (Phi) is 7.23. The van der Waals surface area contributed by atoms with E-state index >= 15 is 0 Å². The average molecular weight is 517 g/mol. The van der Waals surface area contributed by atoms with Crippen LogP contribution in [0.5, 0.6) is 0 Å². The van der Waals surface area contributed by atoms with Crippen LogP contribution in [0.25, 0.3) is 0 Å². The molecule has 4 aliphatic heterocycles. The van der Waals surface area contributed by atoms with Gasteiger partial charge in [0.25, 0.3) is 5.91 Å². The van der Waals surface area contributed by atoms with Crippen molar-refractivity contribution in [1.82, 2.24) is 14.7 Å². The lowest BCUT2D eigenvalue weighted by Gasteiger charge is -2.42. The highest BCUT2D eigenvalue weighted by Crippen LogP contribution is 2.37. The van der Waals surface area contributed by atoms with Gasteiger partial charge in [0.1, 0.15) is 0 Å². The van der Waals surface area contributed by atoms with Crippen molar-refractivity contribution in [3.63, 3.8) is 0 Å². The molecule has 6 rings (SSSR count). The molecule has 1 N–H and O–H groups in total. The minimum atomic E-state index is -0.558. The minimum Gasteiger partial charge on any atom is -0.390 e. The smallest absolute Gasteiger partial charge is 0.254 e. The number of aliphatic hydroxyl groups is 1. The molecule has 4 heterocycles. The number of piperidine rings is 1. The predicted molar refractivity (Wildman–Crippen MR) is 153 cm³/mol. The summed E-state index contributed by atoms with van der Waals surface area (Å²) in [7, 11) is 0. The topological polar surface area (TPSA) is 50.3 Å². The molecule has 2 aromatic carbocycles. The number of likely N-dealkylation sites (tertiary alicyclic amines) is 1. The monoisotopic (exact) mass is 516 g/mol. The highest BCUT2D eigenvalue weighted by atomic mass is 16.3. The van der Waals surface area contributed by atoms with E-state index in [1.165, 1.54) is 55.6 Å². The fraction of sp³-hybridized carbons (Fsp3) is 0.594. The molecule has 1 unspecified atom stereocenters. The quantitative estimate of drug-likeness (QED) is 0.631. The van der Waals surface area contributed by atoms with Gasteiger partial charge in [0.2, 0.25) is 0 Å². The number of hydrogen-bond donors (Lipinski definition) is 1. The third kappa shape index (κ3) is 5.23. The van der Waals surface area contributed by atoms with Crippen molar-refractivity contribution in [2.75, 3.05) is 57.3 Å². The molecular weight excluding hydrogens is 472 g/mol. The van der Waals surface area contributed by atoms with Crippen LogP contribution in [-0.4, -0.2) is 90.2 Å². The first kappa shape index (κ1) is 25.8. The standard InChI is InChI=1S/C32H44N4O2/c1-32(2)23-36(22-28(37)21-33-16-11-24-7-3-4-8-25(24)20-33)31(38)29-10-9-27(19-30(29)32)35-17-12-26(13-18-35)34-14-5-6-15-34/h3-4,7-10,19,26,28,37H,5-6,11-18,20-23H2,1-2H3. The maximum Gasteiger partial charge on any atom is 0.254 e. The molecule has 0 bridgehead atoms. The summed E-state index contributed by atoms with van der Waals surface area (Å²) in [5.41, 5.74) is 5.82. The van der Waals surface area contributed by atoms with Crippen LogP contribution in [-0.2, 0) is 18.4 Å². The Balaban J connectivity index is 1.09. The molecule has 2 fully saturated rings. The second kappa shape index (κ2) is 10.6. The molecule has 0 aromatic heterocycles. The summed E-state index contributed by atoms with van der Waals surface area (Å²) < 4.78 is 0. The zero-order valence-corrected chi connectivity index (χ0v) is 23.2. The molecule has 1 atom stereocenters. The van der Waals surface area contributed by atoms with Crippen LogP contribution in [0.3, 0.4) is 0 Å². The summed E-state index contributed by atoms with van der Waals surface area (Å²) in [6, 6.07) is 15.8. The van der Waals surface area contributed by atoms with Crippen molar-refractivity contribution in [2.45, 2.75) is 70.1 Å². The number of rotatable bonds is 6. The lowest BCUT2D eigenvalue weighted by atomic mass is 9.77. The molecule has 4 aliphatic rings. The summed E-state index contributed by atoms with van der Waals surface area (Å²) in [5.74, 6) is 0.0571. The van der Waals surface area contributed by atoms with E-state index in [0.29, 0.717) is 19.6 Å². The molecule has 0 radical (unpaired) electrons. The lowest BCUT2D eigenvalue weighted by Crippen LogP contribution is -2.51. The van der Waals surface area contributed by atoms with Gasteiger partial charge >= 0.3 is 0 Å². The first-order valence-corrected chi connectivity index (χ1v) is 14.8. The fourth-order valence-corrected chi connectivity index (χ4v) is 7.34. The fourth-order valence-electron chi connectivity index (χ4n) is 7.34. The number of anilines is 1. The first-order valence-electron chi connectivity index (χ1n) is 14.8. The minimum absolute atomic E-state index is 0.0571. The van der Waals surface area contributed by atoms with Crippen LogP contribution in [0.4, 0.5) is 5.69 Å². The Morgan fingerprint density at radius 2 is 1.68 bits per heavy atom. The van der Waals surface area contributed by atoms with Crippen molar-refractivity contribution in [3.8, 4) is 0 Å². The maximum absolute atomic E-state index is 13.6. The van der Waals surface area contributed by atoms with Gasteiger partial charge in [0.15, 0.2) is 0 Å². The Morgan fingerprint density at radius 1 is 0.947 bits per heavy atom. The van der Waals surface area contributed by atoms with Crippen molar-refractivity contribution < 1.29 is 9.90 Å². The number of benzene rings is 2. The molecule has 38 heavy (non-hydrogen) atoms. The summed E-state index contributed by atoms with van der Waals surface area (Å²) in [4.78, 5) is 23.0. The number of β-amino-alcohol motifs (C(OH)–C–C–N with tert-alkyl or cyclic N) is 1. The van der Waals surface area contributed by atoms with Gasteiger partial charge in [-0.3, -0.25) is 9.69 Å². The summed E-state index contributed by atoms with van der Waals surface area (Å²) in [5, 5.41) is 11.0. The predicted octanol–water partition coefficient (Wildman–Crippen LogP) is 3.90. The number of amides is 1. The van der Waals surface area contributed by atoms with E-state index in [1.54, 1.807) is 0 Å². The summed E-state index contributed by atoms with van der Waals surface area (Å²) in [6.07, 6.45) is 5.63. The van der Waals surface area contributed by atoms with E-state index in [9.17, 15) is 9.90 Å². The van der Waals surface area contributed by atoms with E-state index < -0.39 is 6.10 Å². The average Bonchev–Trinajstić information content (AvgIpc) is 3.46. The van der Waals surface area contributed by atoms with Gasteiger partial charge in [-0.15, -0.1) is 0 Å². The van der Waals surface area contributed by atoms with Gasteiger partial charge in [0, 0.05) is 68.5 Å². The molecule has 0 aliphatic carbocycles. The van der Waals surface area contributed by atoms with Crippen LogP contribution >= 0.6 is 0 Å². The number of carbonyl (C=O) groups is 1. The van der Waals surface area contributed by atoms with Gasteiger partial charge in [0.05, 0.1) is 6.10 Å². The molecule has 6 heteroatoms. The third-order valence-corrected chi connectivity index (χ3v) is 9.43. The first-order chi connectivity index (χ1) is 18.4. The van der Waals surface area contributed by atoms with Crippen molar-refractivity contribution in [3.05, 3.63) is 64.7 Å². The molecule has 204 valence electrons. The molecular formula is C32H44N4O2. The lowest BCUT2D eigenvalue weighted by molar-refractivity contribution is 0.0431. The van der Waals surface area contributed by atoms with Crippen molar-refractivity contribution >= 4 is 11.6 Å². The summed E-state index contributed by atoms with van der Waals surface area (Å²) in [6.45, 7) is 12.6. The SMILES string of the molecule is CC1(C)CN(CC(O)CN2CCc3ccccc3C2)C(=O)c2ccc(N3CCC(N4CCCC4)CC3)cc21. The summed E-state index contributed by atoms with van der Waals surface area (Å²) >= 11 is 0. The van der Waals surface area contributed by atoms with Gasteiger partial charge in [-0.25, -0.2) is 0 Å². The van der Waals surface area contributed by atoms with Gasteiger partial charge in [-0.05, 0) is 80.1 Å². The van der Waals surface area contributed by atoms with Crippen LogP contribution < -0.4 is 4.90 Å². The number of hydrogen-bond acceptors (Lipinski definition) is 5. The van der Waals surface area contributed by atoms with Crippen LogP contribution in [0.1, 0.15) is 66.6 Å². The Labute approximate surface area is 228 Å². The normalized spacial score (nSPS) is 23.4. The largest absolute Gasteiger partial charge is 0.390 e. The van der Waals surface area contributed by atoms with E-state index in [0.717, 1.165) is 49.8 Å². The van der Waals surface area contributed by atoms with E-state index in [1.807, 2.05) is 11.0 Å². The van der Waals surface area contributed by atoms with Gasteiger partial charge in [-0.2, -0.15) is 0 Å². The van der Waals surface area contributed by atoms with Crippen LogP contribution in [0.2, 0.25) is 0 Å². The van der Waals surface area contributed by atoms with Crippen molar-refractivity contribution in [2.24, 2.45) is 0 Å². The highest BCUT2D eigenvalue weighted by molar-refractivity contribution is 5.98. The molecule has 1 amide bonds. The molecule has 6 nitrogen and oxygen atoms in total.